The molecule has 0 saturated heterocycles. The van der Waals surface area contributed by atoms with Gasteiger partial charge in [-0.3, -0.25) is 0 Å². The van der Waals surface area contributed by atoms with Crippen LogP contribution in [0.4, 0.5) is 0 Å². The van der Waals surface area contributed by atoms with Gasteiger partial charge in [-0.1, -0.05) is 73.1 Å². The molecule has 72 valence electrons. The molecular weight excluding hydrogens is 144 g/mol. The predicted molar refractivity (Wildman–Crippen MR) is 58.3 cm³/mol. The van der Waals surface area contributed by atoms with Gasteiger partial charge in [0.25, 0.3) is 0 Å². The summed E-state index contributed by atoms with van der Waals surface area (Å²) in [7, 11) is 0. The Labute approximate surface area is 79.8 Å². The van der Waals surface area contributed by atoms with Crippen LogP contribution in [0.1, 0.15) is 45.4 Å². The van der Waals surface area contributed by atoms with Gasteiger partial charge in [-0.05, 0) is 5.92 Å². The second kappa shape index (κ2) is 13.6. The molecule has 1 atom stereocenters. The fraction of sp³-hybridized carbons (Fsp3) is 0.667. The zero-order valence-corrected chi connectivity index (χ0v) is 8.65. The summed E-state index contributed by atoms with van der Waals surface area (Å²) in [6.07, 6.45) is 6.78. The van der Waals surface area contributed by atoms with Crippen LogP contribution >= 0.6 is 0 Å². The first kappa shape index (κ1) is 14.5. The quantitative estimate of drug-likeness (QED) is 0.537. The molecule has 12 heavy (non-hydrogen) atoms. The zero-order chi connectivity index (χ0) is 9.82. The molecule has 1 unspecified atom stereocenters. The summed E-state index contributed by atoms with van der Waals surface area (Å²) in [5, 5.41) is 0. The molecular formula is C12H24. The maximum absolute atomic E-state index is 3.79. The predicted octanol–water partition coefficient (Wildman–Crippen LogP) is 4.29. The topological polar surface area (TPSA) is 0 Å². The smallest absolute Gasteiger partial charge is 0.0443 e. The average molecular weight is 168 g/mol. The molecule has 0 aliphatic carbocycles. The van der Waals surface area contributed by atoms with Crippen LogP contribution in [0.2, 0.25) is 0 Å². The minimum absolute atomic E-state index is 0.586. The maximum atomic E-state index is 3.79. The van der Waals surface area contributed by atoms with Gasteiger partial charge in [0.2, 0.25) is 0 Å². The van der Waals surface area contributed by atoms with E-state index >= 15 is 0 Å². The van der Waals surface area contributed by atoms with Gasteiger partial charge in [-0.25, -0.2) is 0 Å². The molecule has 0 saturated carbocycles. The lowest BCUT2D eigenvalue weighted by molar-refractivity contribution is 0.653. The fourth-order valence-corrected chi connectivity index (χ4v) is 0.702. The van der Waals surface area contributed by atoms with Crippen molar-refractivity contribution < 1.29 is 0 Å². The third kappa shape index (κ3) is 22.5. The molecule has 0 spiro atoms. The van der Waals surface area contributed by atoms with E-state index in [1.165, 1.54) is 12.8 Å². The molecule has 0 fully saturated rings. The van der Waals surface area contributed by atoms with Crippen LogP contribution in [0.5, 0.6) is 0 Å². The van der Waals surface area contributed by atoms with E-state index in [4.69, 9.17) is 0 Å². The Kier molecular flexibility index (Phi) is 16.4. The first-order valence-corrected chi connectivity index (χ1v) is 4.89. The third-order valence-corrected chi connectivity index (χ3v) is 1.45. The summed E-state index contributed by atoms with van der Waals surface area (Å²) in [5.41, 5.74) is 0. The number of rotatable bonds is 5. The van der Waals surface area contributed by atoms with Gasteiger partial charge in [-0.15, -0.1) is 0 Å². The second-order valence-corrected chi connectivity index (χ2v) is 3.16. The molecule has 0 rings (SSSR count). The lowest BCUT2D eigenvalue weighted by Crippen LogP contribution is -1.82. The van der Waals surface area contributed by atoms with Crippen molar-refractivity contribution in [2.75, 3.05) is 0 Å². The van der Waals surface area contributed by atoms with Gasteiger partial charge in [0.1, 0.15) is 0 Å². The van der Waals surface area contributed by atoms with E-state index in [0.717, 1.165) is 25.7 Å². The van der Waals surface area contributed by atoms with E-state index in [0.29, 0.717) is 5.92 Å². The lowest BCUT2D eigenvalue weighted by atomic mass is 10.1. The van der Waals surface area contributed by atoms with Gasteiger partial charge in [0, 0.05) is 0 Å². The summed E-state index contributed by atoms with van der Waals surface area (Å²) in [4.78, 5) is 0. The first-order valence-electron chi connectivity index (χ1n) is 4.89. The van der Waals surface area contributed by atoms with E-state index in [2.05, 4.69) is 34.6 Å². The zero-order valence-electron chi connectivity index (χ0n) is 8.65. The summed E-state index contributed by atoms with van der Waals surface area (Å²) in [6, 6.07) is 0. The van der Waals surface area contributed by atoms with E-state index in [1.807, 2.05) is 0 Å². The van der Waals surface area contributed by atoms with Gasteiger partial charge < -0.3 is 0 Å². The van der Waals surface area contributed by atoms with Gasteiger partial charge in [-0.2, -0.15) is 0 Å². The Balaban J connectivity index is 0. The Bertz CT molecular complexity index is 51.1. The standard InChI is InChI=1S/2C6H12/c1-4-5-6(2)3;1-3-5-6-4-2/h6H,1-2,4-5H2,3H3;1-6H2. The van der Waals surface area contributed by atoms with E-state index in [9.17, 15) is 0 Å². The van der Waals surface area contributed by atoms with Crippen LogP contribution < -0.4 is 0 Å². The number of unbranched alkanes of at least 4 members (excludes halogenated alkanes) is 3. The van der Waals surface area contributed by atoms with Gasteiger partial charge >= 0.3 is 0 Å². The van der Waals surface area contributed by atoms with Crippen LogP contribution in [-0.4, -0.2) is 0 Å². The van der Waals surface area contributed by atoms with Crippen LogP contribution in [0.15, 0.2) is 0 Å². The molecule has 0 aromatic heterocycles. The molecule has 0 amide bonds. The van der Waals surface area contributed by atoms with Crippen molar-refractivity contribution in [2.45, 2.75) is 45.4 Å². The SMILES string of the molecule is [CH2]CCC([CH2])C.[CH2]CCCC[CH2]. The highest BCUT2D eigenvalue weighted by Crippen LogP contribution is 1.99. The molecule has 0 heterocycles. The van der Waals surface area contributed by atoms with Gasteiger partial charge in [0.15, 0.2) is 0 Å². The van der Waals surface area contributed by atoms with Crippen molar-refractivity contribution in [3.8, 4) is 0 Å². The van der Waals surface area contributed by atoms with Crippen molar-refractivity contribution in [3.63, 3.8) is 0 Å². The maximum Gasteiger partial charge on any atom is -0.0443 e. The highest BCUT2D eigenvalue weighted by Gasteiger charge is 1.85. The Hall–Kier alpha value is 0. The molecule has 0 aliphatic rings. The van der Waals surface area contributed by atoms with Crippen LogP contribution in [0.3, 0.4) is 0 Å². The highest BCUT2D eigenvalue weighted by molar-refractivity contribution is 4.53. The van der Waals surface area contributed by atoms with Crippen molar-refractivity contribution in [3.05, 3.63) is 27.7 Å². The van der Waals surface area contributed by atoms with Crippen LogP contribution in [0.25, 0.3) is 0 Å². The minimum atomic E-state index is 0.586. The van der Waals surface area contributed by atoms with Crippen molar-refractivity contribution in [1.82, 2.24) is 0 Å². The minimum Gasteiger partial charge on any atom is -0.0625 e. The van der Waals surface area contributed by atoms with Crippen LogP contribution in [-0.2, 0) is 0 Å². The molecule has 0 aromatic rings. The van der Waals surface area contributed by atoms with Crippen molar-refractivity contribution in [1.29, 1.82) is 0 Å². The Morgan fingerprint density at radius 3 is 1.42 bits per heavy atom. The lowest BCUT2D eigenvalue weighted by Gasteiger charge is -1.95. The summed E-state index contributed by atoms with van der Waals surface area (Å²) >= 11 is 0. The average Bonchev–Trinajstić information content (AvgIpc) is 2.02. The molecule has 0 heteroatoms. The van der Waals surface area contributed by atoms with E-state index in [1.54, 1.807) is 0 Å². The molecule has 0 N–H and O–H groups in total. The molecule has 0 aromatic carbocycles. The highest BCUT2D eigenvalue weighted by atomic mass is 13.9. The molecule has 0 bridgehead atoms. The van der Waals surface area contributed by atoms with Crippen molar-refractivity contribution >= 4 is 0 Å². The summed E-state index contributed by atoms with van der Waals surface area (Å²) in [5.74, 6) is 0.586. The molecule has 0 aliphatic heterocycles. The molecule has 4 radical (unpaired) electrons. The Morgan fingerprint density at radius 1 is 0.917 bits per heavy atom. The number of hydrogen-bond acceptors (Lipinski definition) is 0. The second-order valence-electron chi connectivity index (χ2n) is 3.16. The van der Waals surface area contributed by atoms with Crippen molar-refractivity contribution in [2.24, 2.45) is 5.92 Å². The molecule has 0 nitrogen and oxygen atoms in total. The largest absolute Gasteiger partial charge is 0.0625 e. The Morgan fingerprint density at radius 2 is 1.33 bits per heavy atom. The number of hydrogen-bond donors (Lipinski definition) is 0. The first-order chi connectivity index (χ1) is 5.68. The normalized spacial score (nSPS) is 9.50. The monoisotopic (exact) mass is 168 g/mol. The third-order valence-electron chi connectivity index (χ3n) is 1.45. The van der Waals surface area contributed by atoms with Gasteiger partial charge in [0.05, 0.1) is 0 Å². The van der Waals surface area contributed by atoms with E-state index in [-0.39, 0.29) is 0 Å². The summed E-state index contributed by atoms with van der Waals surface area (Å²) < 4.78 is 0. The fourth-order valence-electron chi connectivity index (χ4n) is 0.702. The van der Waals surface area contributed by atoms with E-state index < -0.39 is 0 Å². The summed E-state index contributed by atoms with van der Waals surface area (Å²) in [6.45, 7) is 17.0. The van der Waals surface area contributed by atoms with Crippen LogP contribution in [0, 0.1) is 33.6 Å².